The van der Waals surface area contributed by atoms with Gasteiger partial charge in [-0.1, -0.05) is 78.9 Å². The molecule has 0 aliphatic heterocycles. The molecule has 0 aliphatic carbocycles. The molecule has 218 valence electrons. The third-order valence-corrected chi connectivity index (χ3v) is 7.75. The summed E-state index contributed by atoms with van der Waals surface area (Å²) in [5.74, 6) is -1.61. The van der Waals surface area contributed by atoms with E-state index in [9.17, 15) is 24.6 Å². The van der Waals surface area contributed by atoms with Crippen molar-refractivity contribution in [1.29, 1.82) is 0 Å². The molecular weight excluding hydrogens is 554 g/mol. The van der Waals surface area contributed by atoms with Crippen LogP contribution in [0.4, 0.5) is 0 Å². The summed E-state index contributed by atoms with van der Waals surface area (Å²) >= 11 is 0. The summed E-state index contributed by atoms with van der Waals surface area (Å²) in [5.41, 5.74) is 4.28. The van der Waals surface area contributed by atoms with Crippen LogP contribution >= 0.6 is 0 Å². The lowest BCUT2D eigenvalue weighted by Crippen LogP contribution is -2.11. The Morgan fingerprint density at radius 3 is 2.11 bits per heavy atom. The molecule has 0 aliphatic rings. The first-order chi connectivity index (χ1) is 21.4. The Kier molecular flexibility index (Phi) is 7.93. The summed E-state index contributed by atoms with van der Waals surface area (Å²) in [6.45, 7) is 0.670. The van der Waals surface area contributed by atoms with Gasteiger partial charge in [-0.2, -0.15) is 0 Å². The van der Waals surface area contributed by atoms with Gasteiger partial charge in [0, 0.05) is 28.7 Å². The molecule has 6 aromatic rings. The second kappa shape index (κ2) is 12.3. The zero-order valence-corrected chi connectivity index (χ0v) is 23.8. The fourth-order valence-corrected chi connectivity index (χ4v) is 5.55. The van der Waals surface area contributed by atoms with Crippen LogP contribution < -0.4 is 4.74 Å². The number of carbonyl (C=O) groups is 3. The molecule has 0 fully saturated rings. The molecule has 5 aromatic carbocycles. The Morgan fingerprint density at radius 1 is 0.682 bits per heavy atom. The lowest BCUT2D eigenvalue weighted by atomic mass is 9.96. The number of carboxylic acids is 2. The number of ether oxygens (including phenoxy) is 1. The van der Waals surface area contributed by atoms with Gasteiger partial charge in [0.15, 0.2) is 5.78 Å². The summed E-state index contributed by atoms with van der Waals surface area (Å²) < 4.78 is 8.09. The van der Waals surface area contributed by atoms with Crippen molar-refractivity contribution in [3.05, 3.63) is 149 Å². The van der Waals surface area contributed by atoms with Crippen molar-refractivity contribution in [2.75, 3.05) is 0 Å². The van der Waals surface area contributed by atoms with Gasteiger partial charge in [-0.05, 0) is 64.7 Å². The van der Waals surface area contributed by atoms with Gasteiger partial charge in [-0.25, -0.2) is 4.79 Å². The second-order valence-electron chi connectivity index (χ2n) is 10.6. The van der Waals surface area contributed by atoms with E-state index < -0.39 is 11.9 Å². The number of aromatic nitrogens is 1. The number of ketones is 1. The second-order valence-corrected chi connectivity index (χ2v) is 10.6. The summed E-state index contributed by atoms with van der Waals surface area (Å²) in [6, 6.07) is 35.3. The Bertz CT molecular complexity index is 2010. The minimum atomic E-state index is -1.02. The third kappa shape index (κ3) is 5.94. The van der Waals surface area contributed by atoms with Gasteiger partial charge in [0.2, 0.25) is 0 Å². The van der Waals surface area contributed by atoms with Gasteiger partial charge in [0.25, 0.3) is 0 Å². The Hall–Kier alpha value is -5.69. The maximum Gasteiger partial charge on any atom is 0.335 e. The number of aliphatic carboxylic acids is 1. The molecule has 7 heteroatoms. The average Bonchev–Trinajstić information content (AvgIpc) is 3.34. The predicted molar refractivity (Wildman–Crippen MR) is 169 cm³/mol. The first-order valence-corrected chi connectivity index (χ1v) is 14.3. The van der Waals surface area contributed by atoms with Crippen LogP contribution in [0.15, 0.2) is 115 Å². The van der Waals surface area contributed by atoms with Crippen molar-refractivity contribution in [2.45, 2.75) is 26.0 Å². The van der Waals surface area contributed by atoms with Crippen molar-refractivity contribution in [3.8, 4) is 5.75 Å². The largest absolute Gasteiger partial charge is 0.489 e. The average molecular weight is 584 g/mol. The van der Waals surface area contributed by atoms with Gasteiger partial charge in [-0.3, -0.25) is 9.59 Å². The number of nitrogens with zero attached hydrogens (tertiary/aromatic N) is 1. The number of benzene rings is 5. The van der Waals surface area contributed by atoms with Crippen LogP contribution in [0, 0.1) is 0 Å². The molecule has 0 spiro atoms. The van der Waals surface area contributed by atoms with E-state index in [2.05, 4.69) is 0 Å². The first-order valence-electron chi connectivity index (χ1n) is 14.3. The lowest BCUT2D eigenvalue weighted by Gasteiger charge is -2.13. The fraction of sp³-hybridized carbons (Fsp3) is 0.108. The van der Waals surface area contributed by atoms with E-state index in [0.717, 1.165) is 27.4 Å². The molecule has 0 unspecified atom stereocenters. The summed E-state index contributed by atoms with van der Waals surface area (Å²) in [7, 11) is 0. The fourth-order valence-electron chi connectivity index (χ4n) is 5.55. The molecule has 6 rings (SSSR count). The van der Waals surface area contributed by atoms with Gasteiger partial charge >= 0.3 is 11.9 Å². The molecule has 0 bridgehead atoms. The molecule has 44 heavy (non-hydrogen) atoms. The summed E-state index contributed by atoms with van der Waals surface area (Å²) in [5, 5.41) is 21.6. The van der Waals surface area contributed by atoms with Crippen molar-refractivity contribution in [3.63, 3.8) is 0 Å². The molecule has 0 radical (unpaired) electrons. The molecule has 0 saturated carbocycles. The predicted octanol–water partition coefficient (Wildman–Crippen LogP) is 7.37. The van der Waals surface area contributed by atoms with Gasteiger partial charge in [0.1, 0.15) is 12.4 Å². The Morgan fingerprint density at radius 2 is 1.39 bits per heavy atom. The number of fused-ring (bicyclic) bond motifs is 2. The van der Waals surface area contributed by atoms with Crippen molar-refractivity contribution >= 4 is 39.4 Å². The quantitative estimate of drug-likeness (QED) is 0.154. The van der Waals surface area contributed by atoms with Gasteiger partial charge in [0.05, 0.1) is 17.5 Å². The SMILES string of the molecule is O=C(O)CCc1c(C(=O)c2ccc3ccccc3c2)c2cc(OCc3ccccc3)ccc2n1Cc1ccc(C(=O)O)cc1. The third-order valence-electron chi connectivity index (χ3n) is 7.75. The molecular formula is C37H29NO6. The van der Waals surface area contributed by atoms with Crippen LogP contribution in [0.25, 0.3) is 21.7 Å². The summed E-state index contributed by atoms with van der Waals surface area (Å²) in [6.07, 6.45) is -0.0320. The normalized spacial score (nSPS) is 11.1. The number of carboxylic acid groups (broad SMARTS) is 2. The highest BCUT2D eigenvalue weighted by Gasteiger charge is 2.25. The Labute approximate surface area is 253 Å². The molecule has 7 nitrogen and oxygen atoms in total. The van der Waals surface area contributed by atoms with Crippen LogP contribution in [0.2, 0.25) is 0 Å². The number of carbonyl (C=O) groups excluding carboxylic acids is 1. The summed E-state index contributed by atoms with van der Waals surface area (Å²) in [4.78, 5) is 37.5. The lowest BCUT2D eigenvalue weighted by molar-refractivity contribution is -0.137. The number of hydrogen-bond donors (Lipinski definition) is 2. The smallest absolute Gasteiger partial charge is 0.335 e. The van der Waals surface area contributed by atoms with Crippen LogP contribution in [0.3, 0.4) is 0 Å². The van der Waals surface area contributed by atoms with Crippen LogP contribution in [0.5, 0.6) is 5.75 Å². The molecule has 0 saturated heterocycles. The monoisotopic (exact) mass is 583 g/mol. The first kappa shape index (κ1) is 28.4. The van der Waals surface area contributed by atoms with E-state index in [-0.39, 0.29) is 24.2 Å². The molecule has 1 aromatic heterocycles. The van der Waals surface area contributed by atoms with Gasteiger partial charge in [-0.15, -0.1) is 0 Å². The Balaban J connectivity index is 1.50. The van der Waals surface area contributed by atoms with E-state index in [0.29, 0.717) is 41.1 Å². The standard InChI is InChI=1S/C37H29NO6/c39-34(40)19-18-33-35(36(41)29-15-14-26-8-4-5-9-28(26)20-29)31-21-30(44-23-25-6-2-1-3-7-25)16-17-32(31)38(33)22-24-10-12-27(13-11-24)37(42)43/h1-17,20-21H,18-19,22-23H2,(H,39,40)(H,42,43). The highest BCUT2D eigenvalue weighted by Crippen LogP contribution is 2.34. The zero-order valence-electron chi connectivity index (χ0n) is 23.8. The number of hydrogen-bond acceptors (Lipinski definition) is 4. The van der Waals surface area contributed by atoms with E-state index in [1.165, 1.54) is 12.1 Å². The van der Waals surface area contributed by atoms with Crippen LogP contribution in [-0.4, -0.2) is 32.5 Å². The zero-order chi connectivity index (χ0) is 30.6. The molecule has 0 atom stereocenters. The van der Waals surface area contributed by atoms with E-state index in [4.69, 9.17) is 4.74 Å². The van der Waals surface area contributed by atoms with Crippen molar-refractivity contribution < 1.29 is 29.3 Å². The maximum atomic E-state index is 14.4. The highest BCUT2D eigenvalue weighted by molar-refractivity contribution is 6.18. The highest BCUT2D eigenvalue weighted by atomic mass is 16.5. The molecule has 2 N–H and O–H groups in total. The number of aromatic carboxylic acids is 1. The van der Waals surface area contributed by atoms with E-state index in [1.807, 2.05) is 89.5 Å². The van der Waals surface area contributed by atoms with Crippen LogP contribution in [-0.2, 0) is 24.4 Å². The van der Waals surface area contributed by atoms with Crippen LogP contribution in [0.1, 0.15) is 49.5 Å². The van der Waals surface area contributed by atoms with Gasteiger partial charge < -0.3 is 19.5 Å². The van der Waals surface area contributed by atoms with E-state index >= 15 is 0 Å². The minimum Gasteiger partial charge on any atom is -0.489 e. The maximum absolute atomic E-state index is 14.4. The molecule has 0 amide bonds. The van der Waals surface area contributed by atoms with Crippen molar-refractivity contribution in [2.24, 2.45) is 0 Å². The topological polar surface area (TPSA) is 106 Å². The minimum absolute atomic E-state index is 0.131. The number of rotatable bonds is 11. The van der Waals surface area contributed by atoms with Crippen molar-refractivity contribution in [1.82, 2.24) is 4.57 Å². The molecule has 1 heterocycles. The van der Waals surface area contributed by atoms with E-state index in [1.54, 1.807) is 18.2 Å².